The summed E-state index contributed by atoms with van der Waals surface area (Å²) in [5.41, 5.74) is 1.15. The van der Waals surface area contributed by atoms with Crippen molar-refractivity contribution in [1.29, 1.82) is 0 Å². The molecule has 0 bridgehead atoms. The molecule has 0 aliphatic rings. The fourth-order valence-corrected chi connectivity index (χ4v) is 1.53. The van der Waals surface area contributed by atoms with Crippen molar-refractivity contribution in [2.45, 2.75) is 19.4 Å². The molecule has 0 spiro atoms. The molecule has 15 heavy (non-hydrogen) atoms. The Morgan fingerprint density at radius 1 is 1.40 bits per heavy atom. The summed E-state index contributed by atoms with van der Waals surface area (Å²) in [7, 11) is 1.68. The predicted molar refractivity (Wildman–Crippen MR) is 61.1 cm³/mol. The van der Waals surface area contributed by atoms with Crippen molar-refractivity contribution >= 4 is 0 Å². The third-order valence-electron chi connectivity index (χ3n) is 2.39. The zero-order valence-corrected chi connectivity index (χ0v) is 9.36. The predicted octanol–water partition coefficient (Wildman–Crippen LogP) is 1.73. The van der Waals surface area contributed by atoms with E-state index >= 15 is 0 Å². The lowest BCUT2D eigenvalue weighted by Crippen LogP contribution is -2.21. The average Bonchev–Trinajstić information content (AvgIpc) is 2.29. The first-order chi connectivity index (χ1) is 7.29. The van der Waals surface area contributed by atoms with Crippen LogP contribution in [0, 0.1) is 0 Å². The number of hydrogen-bond donors (Lipinski definition) is 2. The van der Waals surface area contributed by atoms with E-state index in [1.54, 1.807) is 7.11 Å². The first-order valence-electron chi connectivity index (χ1n) is 5.26. The third-order valence-corrected chi connectivity index (χ3v) is 2.39. The summed E-state index contributed by atoms with van der Waals surface area (Å²) in [5, 5.41) is 12.0. The monoisotopic (exact) mass is 209 g/mol. The number of rotatable bonds is 6. The van der Waals surface area contributed by atoms with Gasteiger partial charge in [0.2, 0.25) is 0 Å². The SMILES string of the molecule is COc1ccccc1[C@@H](C)NCCCO. The quantitative estimate of drug-likeness (QED) is 0.701. The van der Waals surface area contributed by atoms with Gasteiger partial charge in [0.05, 0.1) is 7.11 Å². The van der Waals surface area contributed by atoms with Crippen LogP contribution in [0.5, 0.6) is 5.75 Å². The van der Waals surface area contributed by atoms with Gasteiger partial charge in [0, 0.05) is 18.2 Å². The lowest BCUT2D eigenvalue weighted by atomic mass is 10.1. The Labute approximate surface area is 91.1 Å². The first kappa shape index (κ1) is 12.0. The number of ether oxygens (including phenoxy) is 1. The Hall–Kier alpha value is -1.06. The second-order valence-corrected chi connectivity index (χ2v) is 3.49. The van der Waals surface area contributed by atoms with E-state index in [9.17, 15) is 0 Å². The lowest BCUT2D eigenvalue weighted by molar-refractivity contribution is 0.283. The summed E-state index contributed by atoms with van der Waals surface area (Å²) in [4.78, 5) is 0. The summed E-state index contributed by atoms with van der Waals surface area (Å²) < 4.78 is 5.28. The second-order valence-electron chi connectivity index (χ2n) is 3.49. The molecule has 0 saturated carbocycles. The Balaban J connectivity index is 2.59. The van der Waals surface area contributed by atoms with Crippen LogP contribution in [-0.2, 0) is 0 Å². The smallest absolute Gasteiger partial charge is 0.123 e. The largest absolute Gasteiger partial charge is 0.496 e. The highest BCUT2D eigenvalue weighted by Gasteiger charge is 2.08. The van der Waals surface area contributed by atoms with Crippen molar-refractivity contribution in [2.75, 3.05) is 20.3 Å². The zero-order chi connectivity index (χ0) is 11.1. The molecule has 0 aromatic heterocycles. The highest BCUT2D eigenvalue weighted by molar-refractivity contribution is 5.35. The van der Waals surface area contributed by atoms with Gasteiger partial charge >= 0.3 is 0 Å². The number of aliphatic hydroxyl groups excluding tert-OH is 1. The molecule has 1 aromatic rings. The Kier molecular flexibility index (Phi) is 5.15. The molecule has 1 aromatic carbocycles. The molecule has 3 nitrogen and oxygen atoms in total. The van der Waals surface area contributed by atoms with Crippen LogP contribution in [-0.4, -0.2) is 25.4 Å². The van der Waals surface area contributed by atoms with Gasteiger partial charge in [0.1, 0.15) is 5.75 Å². The maximum absolute atomic E-state index is 8.69. The van der Waals surface area contributed by atoms with Crippen LogP contribution in [0.2, 0.25) is 0 Å². The summed E-state index contributed by atoms with van der Waals surface area (Å²) >= 11 is 0. The zero-order valence-electron chi connectivity index (χ0n) is 9.36. The lowest BCUT2D eigenvalue weighted by Gasteiger charge is -2.16. The highest BCUT2D eigenvalue weighted by atomic mass is 16.5. The van der Waals surface area contributed by atoms with Gasteiger partial charge in [-0.25, -0.2) is 0 Å². The molecule has 0 fully saturated rings. The van der Waals surface area contributed by atoms with Crippen molar-refractivity contribution in [3.05, 3.63) is 29.8 Å². The third kappa shape index (κ3) is 3.53. The fourth-order valence-electron chi connectivity index (χ4n) is 1.53. The minimum absolute atomic E-state index is 0.228. The maximum Gasteiger partial charge on any atom is 0.123 e. The normalized spacial score (nSPS) is 12.5. The molecule has 1 rings (SSSR count). The fraction of sp³-hybridized carbons (Fsp3) is 0.500. The molecular formula is C12H19NO2. The van der Waals surface area contributed by atoms with E-state index in [2.05, 4.69) is 18.3 Å². The standard InChI is InChI=1S/C12H19NO2/c1-10(13-8-5-9-14)11-6-3-4-7-12(11)15-2/h3-4,6-7,10,13-14H,5,8-9H2,1-2H3/t10-/m1/s1. The van der Waals surface area contributed by atoms with Crippen molar-refractivity contribution in [3.63, 3.8) is 0 Å². The maximum atomic E-state index is 8.69. The van der Waals surface area contributed by atoms with Gasteiger partial charge < -0.3 is 15.2 Å². The van der Waals surface area contributed by atoms with Crippen molar-refractivity contribution < 1.29 is 9.84 Å². The van der Waals surface area contributed by atoms with Crippen LogP contribution in [0.1, 0.15) is 24.9 Å². The number of hydrogen-bond acceptors (Lipinski definition) is 3. The summed E-state index contributed by atoms with van der Waals surface area (Å²) in [6.07, 6.45) is 0.777. The number of para-hydroxylation sites is 1. The van der Waals surface area contributed by atoms with Gasteiger partial charge in [0.25, 0.3) is 0 Å². The van der Waals surface area contributed by atoms with Gasteiger partial charge in [-0.1, -0.05) is 18.2 Å². The van der Waals surface area contributed by atoms with E-state index in [0.717, 1.165) is 24.3 Å². The van der Waals surface area contributed by atoms with Crippen LogP contribution in [0.4, 0.5) is 0 Å². The van der Waals surface area contributed by atoms with Crippen LogP contribution in [0.3, 0.4) is 0 Å². The van der Waals surface area contributed by atoms with Gasteiger partial charge in [-0.05, 0) is 26.0 Å². The van der Waals surface area contributed by atoms with Gasteiger partial charge in [-0.2, -0.15) is 0 Å². The van der Waals surface area contributed by atoms with E-state index in [-0.39, 0.29) is 12.6 Å². The molecule has 0 aliphatic heterocycles. The number of nitrogens with one attached hydrogen (secondary N) is 1. The summed E-state index contributed by atoms with van der Waals surface area (Å²) in [6.45, 7) is 3.14. The van der Waals surface area contributed by atoms with E-state index in [1.807, 2.05) is 18.2 Å². The molecule has 0 saturated heterocycles. The van der Waals surface area contributed by atoms with E-state index < -0.39 is 0 Å². The Morgan fingerprint density at radius 3 is 2.80 bits per heavy atom. The minimum Gasteiger partial charge on any atom is -0.496 e. The first-order valence-corrected chi connectivity index (χ1v) is 5.26. The molecule has 0 radical (unpaired) electrons. The summed E-state index contributed by atoms with van der Waals surface area (Å²) in [6, 6.07) is 8.22. The molecular weight excluding hydrogens is 190 g/mol. The number of methoxy groups -OCH3 is 1. The number of benzene rings is 1. The Bertz CT molecular complexity index is 289. The van der Waals surface area contributed by atoms with Crippen LogP contribution in [0.15, 0.2) is 24.3 Å². The molecule has 0 heterocycles. The van der Waals surface area contributed by atoms with E-state index in [1.165, 1.54) is 0 Å². The minimum atomic E-state index is 0.228. The number of aliphatic hydroxyl groups is 1. The van der Waals surface area contributed by atoms with E-state index in [4.69, 9.17) is 9.84 Å². The molecule has 3 heteroatoms. The van der Waals surface area contributed by atoms with Gasteiger partial charge in [-0.15, -0.1) is 0 Å². The average molecular weight is 209 g/mol. The molecule has 2 N–H and O–H groups in total. The molecule has 0 aliphatic carbocycles. The van der Waals surface area contributed by atoms with Crippen LogP contribution in [0.25, 0.3) is 0 Å². The molecule has 0 unspecified atom stereocenters. The molecule has 84 valence electrons. The van der Waals surface area contributed by atoms with Gasteiger partial charge in [-0.3, -0.25) is 0 Å². The van der Waals surface area contributed by atoms with Crippen molar-refractivity contribution in [3.8, 4) is 5.75 Å². The topological polar surface area (TPSA) is 41.5 Å². The molecule has 0 amide bonds. The van der Waals surface area contributed by atoms with Gasteiger partial charge in [0.15, 0.2) is 0 Å². The van der Waals surface area contributed by atoms with Crippen LogP contribution < -0.4 is 10.1 Å². The Morgan fingerprint density at radius 2 is 2.13 bits per heavy atom. The van der Waals surface area contributed by atoms with Crippen molar-refractivity contribution in [1.82, 2.24) is 5.32 Å². The highest BCUT2D eigenvalue weighted by Crippen LogP contribution is 2.23. The summed E-state index contributed by atoms with van der Waals surface area (Å²) in [5.74, 6) is 0.904. The molecule has 1 atom stereocenters. The van der Waals surface area contributed by atoms with Crippen LogP contribution >= 0.6 is 0 Å². The van der Waals surface area contributed by atoms with E-state index in [0.29, 0.717) is 0 Å². The van der Waals surface area contributed by atoms with Crippen molar-refractivity contribution in [2.24, 2.45) is 0 Å². The second kappa shape index (κ2) is 6.43.